The summed E-state index contributed by atoms with van der Waals surface area (Å²) in [6, 6.07) is 0. The minimum atomic E-state index is -4.42. The maximum absolute atomic E-state index is 10.6. The van der Waals surface area contributed by atoms with Crippen LogP contribution in [-0.4, -0.2) is 38.6 Å². The van der Waals surface area contributed by atoms with Crippen molar-refractivity contribution >= 4 is 10.4 Å². The third-order valence-corrected chi connectivity index (χ3v) is 4.60. The molecule has 0 amide bonds. The summed E-state index contributed by atoms with van der Waals surface area (Å²) >= 11 is 0. The molecule has 3 atom stereocenters. The van der Waals surface area contributed by atoms with Gasteiger partial charge in [-0.3, -0.25) is 4.55 Å². The first-order valence-electron chi connectivity index (χ1n) is 8.85. The zero-order valence-electron chi connectivity index (χ0n) is 14.4. The Hall–Kier alpha value is -0.210. The van der Waals surface area contributed by atoms with E-state index in [9.17, 15) is 8.42 Å². The van der Waals surface area contributed by atoms with Crippen LogP contribution < -0.4 is 0 Å². The van der Waals surface area contributed by atoms with Crippen LogP contribution in [0.4, 0.5) is 0 Å². The topological polar surface area (TPSA) is 82.1 Å². The van der Waals surface area contributed by atoms with Gasteiger partial charge in [0.25, 0.3) is 0 Å². The zero-order valence-corrected chi connectivity index (χ0v) is 15.2. The molecule has 0 aromatic rings. The number of hydrogen-bond acceptors (Lipinski definition) is 5. The molecule has 23 heavy (non-hydrogen) atoms. The average Bonchev–Trinajstić information content (AvgIpc) is 2.96. The standard InChI is InChI=1S/C16H32O6S/c1-3-5-7-9-11-14(10-8-6-4-2)16-20-12-15(22-16)13-21-23(17,18)19/h14-16H,3-13H2,1-2H3,(H,17,18,19). The van der Waals surface area contributed by atoms with Crippen molar-refractivity contribution in [2.75, 3.05) is 13.2 Å². The molecular weight excluding hydrogens is 320 g/mol. The van der Waals surface area contributed by atoms with E-state index in [2.05, 4.69) is 18.0 Å². The fourth-order valence-corrected chi connectivity index (χ4v) is 3.20. The maximum atomic E-state index is 10.6. The highest BCUT2D eigenvalue weighted by Crippen LogP contribution is 2.28. The molecule has 1 saturated heterocycles. The highest BCUT2D eigenvalue weighted by Gasteiger charge is 2.32. The molecule has 1 rings (SSSR count). The van der Waals surface area contributed by atoms with Gasteiger partial charge in [-0.05, 0) is 12.8 Å². The Morgan fingerprint density at radius 1 is 1.09 bits per heavy atom. The lowest BCUT2D eigenvalue weighted by Gasteiger charge is -2.23. The predicted molar refractivity (Wildman–Crippen MR) is 88.5 cm³/mol. The van der Waals surface area contributed by atoms with Gasteiger partial charge in [-0.25, -0.2) is 4.18 Å². The van der Waals surface area contributed by atoms with Crippen molar-refractivity contribution in [3.8, 4) is 0 Å². The Labute approximate surface area is 140 Å². The first-order valence-corrected chi connectivity index (χ1v) is 10.2. The van der Waals surface area contributed by atoms with Crippen LogP contribution in [0.3, 0.4) is 0 Å². The van der Waals surface area contributed by atoms with Crippen molar-refractivity contribution in [2.24, 2.45) is 5.92 Å². The van der Waals surface area contributed by atoms with E-state index < -0.39 is 16.5 Å². The first-order chi connectivity index (χ1) is 11.0. The van der Waals surface area contributed by atoms with Crippen molar-refractivity contribution in [3.63, 3.8) is 0 Å². The Balaban J connectivity index is 2.40. The van der Waals surface area contributed by atoms with Crippen molar-refractivity contribution < 1.29 is 26.6 Å². The van der Waals surface area contributed by atoms with Crippen LogP contribution in [0, 0.1) is 5.92 Å². The Bertz CT molecular complexity index is 397. The fourth-order valence-electron chi connectivity index (χ4n) is 2.87. The van der Waals surface area contributed by atoms with Crippen LogP contribution in [0.15, 0.2) is 0 Å². The normalized spacial score (nSPS) is 23.3. The maximum Gasteiger partial charge on any atom is 0.397 e. The van der Waals surface area contributed by atoms with Crippen LogP contribution in [0.5, 0.6) is 0 Å². The van der Waals surface area contributed by atoms with Crippen LogP contribution in [0.1, 0.15) is 71.6 Å². The molecule has 1 heterocycles. The minimum Gasteiger partial charge on any atom is -0.350 e. The van der Waals surface area contributed by atoms with Gasteiger partial charge in [-0.15, -0.1) is 0 Å². The van der Waals surface area contributed by atoms with E-state index in [4.69, 9.17) is 14.0 Å². The summed E-state index contributed by atoms with van der Waals surface area (Å²) < 4.78 is 45.7. The Morgan fingerprint density at radius 2 is 1.70 bits per heavy atom. The van der Waals surface area contributed by atoms with Gasteiger partial charge < -0.3 is 9.47 Å². The minimum absolute atomic E-state index is 0.202. The second-order valence-electron chi connectivity index (χ2n) is 6.28. The van der Waals surface area contributed by atoms with Gasteiger partial charge in [0.1, 0.15) is 6.10 Å². The highest BCUT2D eigenvalue weighted by molar-refractivity contribution is 7.80. The summed E-state index contributed by atoms with van der Waals surface area (Å²) in [5.74, 6) is 0.342. The zero-order chi connectivity index (χ0) is 17.1. The monoisotopic (exact) mass is 352 g/mol. The van der Waals surface area contributed by atoms with E-state index in [1.165, 1.54) is 38.5 Å². The molecule has 0 aromatic carbocycles. The van der Waals surface area contributed by atoms with E-state index in [0.29, 0.717) is 12.5 Å². The van der Waals surface area contributed by atoms with Gasteiger partial charge in [-0.1, -0.05) is 58.8 Å². The molecule has 0 aromatic heterocycles. The molecule has 1 aliphatic heterocycles. The second-order valence-corrected chi connectivity index (χ2v) is 7.37. The molecule has 0 saturated carbocycles. The summed E-state index contributed by atoms with van der Waals surface area (Å²) in [4.78, 5) is 0. The van der Waals surface area contributed by atoms with E-state index in [1.54, 1.807) is 0 Å². The highest BCUT2D eigenvalue weighted by atomic mass is 32.3. The van der Waals surface area contributed by atoms with Gasteiger partial charge in [0.05, 0.1) is 13.2 Å². The SMILES string of the molecule is CCCCCCC(CCCCC)C1OCC(COS(=O)(=O)O)O1. The van der Waals surface area contributed by atoms with E-state index in [1.807, 2.05) is 0 Å². The number of ether oxygens (including phenoxy) is 2. The molecule has 1 N–H and O–H groups in total. The van der Waals surface area contributed by atoms with Crippen LogP contribution in [0.25, 0.3) is 0 Å². The van der Waals surface area contributed by atoms with Gasteiger partial charge in [0.15, 0.2) is 6.29 Å². The van der Waals surface area contributed by atoms with Gasteiger partial charge >= 0.3 is 10.4 Å². The van der Waals surface area contributed by atoms with Crippen LogP contribution in [0.2, 0.25) is 0 Å². The lowest BCUT2D eigenvalue weighted by Crippen LogP contribution is -2.25. The largest absolute Gasteiger partial charge is 0.397 e. The predicted octanol–water partition coefficient (Wildman–Crippen LogP) is 3.71. The molecule has 0 bridgehead atoms. The molecule has 0 radical (unpaired) electrons. The molecule has 7 heteroatoms. The van der Waals surface area contributed by atoms with Gasteiger partial charge in [-0.2, -0.15) is 8.42 Å². The van der Waals surface area contributed by atoms with E-state index >= 15 is 0 Å². The number of hydrogen-bond donors (Lipinski definition) is 1. The van der Waals surface area contributed by atoms with Gasteiger partial charge in [0.2, 0.25) is 0 Å². The summed E-state index contributed by atoms with van der Waals surface area (Å²) in [6.07, 6.45) is 9.80. The molecule has 138 valence electrons. The van der Waals surface area contributed by atoms with Gasteiger partial charge in [0, 0.05) is 5.92 Å². The van der Waals surface area contributed by atoms with Crippen molar-refractivity contribution in [3.05, 3.63) is 0 Å². The Morgan fingerprint density at radius 3 is 2.30 bits per heavy atom. The van der Waals surface area contributed by atoms with Crippen molar-refractivity contribution in [1.82, 2.24) is 0 Å². The summed E-state index contributed by atoms with van der Waals surface area (Å²) in [6.45, 7) is 4.48. The molecule has 6 nitrogen and oxygen atoms in total. The van der Waals surface area contributed by atoms with Crippen molar-refractivity contribution in [1.29, 1.82) is 0 Å². The third-order valence-electron chi connectivity index (χ3n) is 4.17. The molecule has 1 aliphatic rings. The fraction of sp³-hybridized carbons (Fsp3) is 1.00. The van der Waals surface area contributed by atoms with Crippen LogP contribution in [-0.2, 0) is 24.1 Å². The summed E-state index contributed by atoms with van der Waals surface area (Å²) in [7, 11) is -4.42. The molecule has 1 fully saturated rings. The van der Waals surface area contributed by atoms with E-state index in [0.717, 1.165) is 19.3 Å². The lowest BCUT2D eigenvalue weighted by molar-refractivity contribution is -0.105. The second kappa shape index (κ2) is 11.4. The van der Waals surface area contributed by atoms with E-state index in [-0.39, 0.29) is 12.9 Å². The first kappa shape index (κ1) is 20.8. The quantitative estimate of drug-likeness (QED) is 0.402. The Kier molecular flexibility index (Phi) is 10.3. The average molecular weight is 352 g/mol. The summed E-state index contributed by atoms with van der Waals surface area (Å²) in [5, 5.41) is 0. The number of unbranched alkanes of at least 4 members (excludes halogenated alkanes) is 5. The molecule has 0 aliphatic carbocycles. The van der Waals surface area contributed by atoms with Crippen molar-refractivity contribution in [2.45, 2.75) is 84.0 Å². The summed E-state index contributed by atoms with van der Waals surface area (Å²) in [5.41, 5.74) is 0. The molecular formula is C16H32O6S. The third kappa shape index (κ3) is 9.62. The number of rotatable bonds is 13. The molecule has 0 spiro atoms. The van der Waals surface area contributed by atoms with Crippen LogP contribution >= 0.6 is 0 Å². The lowest BCUT2D eigenvalue weighted by atomic mass is 9.94. The molecule has 3 unspecified atom stereocenters. The smallest absolute Gasteiger partial charge is 0.350 e.